The van der Waals surface area contributed by atoms with E-state index < -0.39 is 5.97 Å². The molecule has 82 valence electrons. The van der Waals surface area contributed by atoms with Gasteiger partial charge in [0, 0.05) is 10.3 Å². The summed E-state index contributed by atoms with van der Waals surface area (Å²) < 4.78 is 1.11. The second-order valence-electron chi connectivity index (χ2n) is 3.25. The van der Waals surface area contributed by atoms with Crippen LogP contribution < -0.4 is 5.32 Å². The molecule has 0 aliphatic carbocycles. The Bertz CT molecular complexity index is 547. The fraction of sp³-hybridized carbons (Fsp3) is 0.0909. The number of aliphatic carboxylic acids is 1. The van der Waals surface area contributed by atoms with Crippen LogP contribution in [0.2, 0.25) is 0 Å². The Morgan fingerprint density at radius 2 is 2.12 bits per heavy atom. The zero-order chi connectivity index (χ0) is 11.5. The molecule has 5 heteroatoms. The summed E-state index contributed by atoms with van der Waals surface area (Å²) in [5, 5.41) is 13.7. The molecular formula is C11H9NO3S. The molecule has 2 N–H and O–H groups in total. The number of amides is 1. The summed E-state index contributed by atoms with van der Waals surface area (Å²) in [6.45, 7) is -0.361. The fourth-order valence-electron chi connectivity index (χ4n) is 1.37. The predicted octanol–water partition coefficient (Wildman–Crippen LogP) is 1.72. The van der Waals surface area contributed by atoms with E-state index in [0.29, 0.717) is 5.56 Å². The maximum absolute atomic E-state index is 11.5. The molecular weight excluding hydrogens is 226 g/mol. The molecule has 0 saturated heterocycles. The van der Waals surface area contributed by atoms with Crippen LogP contribution in [-0.2, 0) is 4.79 Å². The number of hydrogen-bond acceptors (Lipinski definition) is 3. The smallest absolute Gasteiger partial charge is 0.322 e. The third kappa shape index (κ3) is 2.20. The molecule has 0 aliphatic rings. The van der Waals surface area contributed by atoms with E-state index in [1.165, 1.54) is 0 Å². The maximum atomic E-state index is 11.5. The lowest BCUT2D eigenvalue weighted by Crippen LogP contribution is -2.29. The normalized spacial score (nSPS) is 10.2. The molecule has 0 unspecified atom stereocenters. The van der Waals surface area contributed by atoms with Gasteiger partial charge in [0.2, 0.25) is 0 Å². The van der Waals surface area contributed by atoms with Gasteiger partial charge in [-0.05, 0) is 35.0 Å². The summed E-state index contributed by atoms with van der Waals surface area (Å²) in [4.78, 5) is 21.8. The van der Waals surface area contributed by atoms with Crippen molar-refractivity contribution < 1.29 is 14.7 Å². The van der Waals surface area contributed by atoms with Gasteiger partial charge in [-0.2, -0.15) is 0 Å². The van der Waals surface area contributed by atoms with Crippen molar-refractivity contribution in [1.29, 1.82) is 0 Å². The fourth-order valence-corrected chi connectivity index (χ4v) is 2.14. The van der Waals surface area contributed by atoms with Crippen molar-refractivity contribution >= 4 is 33.3 Å². The highest BCUT2D eigenvalue weighted by molar-refractivity contribution is 7.17. The summed E-state index contributed by atoms with van der Waals surface area (Å²) in [7, 11) is 0. The Labute approximate surface area is 95.5 Å². The van der Waals surface area contributed by atoms with Gasteiger partial charge in [-0.1, -0.05) is 0 Å². The molecule has 0 saturated carbocycles. The Morgan fingerprint density at radius 1 is 1.31 bits per heavy atom. The van der Waals surface area contributed by atoms with E-state index in [1.54, 1.807) is 23.5 Å². The van der Waals surface area contributed by atoms with E-state index >= 15 is 0 Å². The van der Waals surface area contributed by atoms with Gasteiger partial charge in [0.25, 0.3) is 5.91 Å². The lowest BCUT2D eigenvalue weighted by Gasteiger charge is -2.02. The van der Waals surface area contributed by atoms with E-state index in [4.69, 9.17) is 5.11 Å². The van der Waals surface area contributed by atoms with Crippen LogP contribution in [-0.4, -0.2) is 23.5 Å². The Balaban J connectivity index is 2.19. The van der Waals surface area contributed by atoms with Crippen molar-refractivity contribution in [2.45, 2.75) is 0 Å². The zero-order valence-corrected chi connectivity index (χ0v) is 9.08. The first-order valence-corrected chi connectivity index (χ1v) is 5.52. The third-order valence-electron chi connectivity index (χ3n) is 2.11. The molecule has 1 aromatic carbocycles. The number of carbonyl (C=O) groups is 2. The van der Waals surface area contributed by atoms with Gasteiger partial charge in [-0.3, -0.25) is 9.59 Å². The molecule has 2 rings (SSSR count). The Kier molecular flexibility index (Phi) is 2.87. The Hall–Kier alpha value is -1.88. The summed E-state index contributed by atoms with van der Waals surface area (Å²) >= 11 is 1.60. The molecule has 0 radical (unpaired) electrons. The van der Waals surface area contributed by atoms with Crippen LogP contribution in [0.3, 0.4) is 0 Å². The zero-order valence-electron chi connectivity index (χ0n) is 8.27. The minimum absolute atomic E-state index is 0.361. The van der Waals surface area contributed by atoms with Gasteiger partial charge in [0.1, 0.15) is 6.54 Å². The first-order valence-electron chi connectivity index (χ1n) is 4.64. The van der Waals surface area contributed by atoms with Crippen molar-refractivity contribution in [2.24, 2.45) is 0 Å². The third-order valence-corrected chi connectivity index (χ3v) is 3.01. The molecule has 4 nitrogen and oxygen atoms in total. The molecule has 0 atom stereocenters. The first-order chi connectivity index (χ1) is 7.66. The Morgan fingerprint density at radius 3 is 2.88 bits per heavy atom. The molecule has 16 heavy (non-hydrogen) atoms. The van der Waals surface area contributed by atoms with E-state index in [1.807, 2.05) is 17.5 Å². The number of benzene rings is 1. The van der Waals surface area contributed by atoms with Gasteiger partial charge in [-0.15, -0.1) is 11.3 Å². The van der Waals surface area contributed by atoms with Crippen LogP contribution in [0.4, 0.5) is 0 Å². The van der Waals surface area contributed by atoms with Gasteiger partial charge in [-0.25, -0.2) is 0 Å². The van der Waals surface area contributed by atoms with Crippen molar-refractivity contribution in [3.63, 3.8) is 0 Å². The second kappa shape index (κ2) is 4.32. The van der Waals surface area contributed by atoms with E-state index in [0.717, 1.165) is 10.1 Å². The van der Waals surface area contributed by atoms with Crippen LogP contribution in [0.25, 0.3) is 10.1 Å². The van der Waals surface area contributed by atoms with Gasteiger partial charge >= 0.3 is 5.97 Å². The largest absolute Gasteiger partial charge is 0.480 e. The lowest BCUT2D eigenvalue weighted by molar-refractivity contribution is -0.135. The molecule has 0 fully saturated rings. The van der Waals surface area contributed by atoms with Crippen molar-refractivity contribution in [1.82, 2.24) is 5.32 Å². The number of nitrogens with one attached hydrogen (secondary N) is 1. The first kappa shape index (κ1) is 10.6. The predicted molar refractivity (Wildman–Crippen MR) is 61.8 cm³/mol. The number of rotatable bonds is 3. The monoisotopic (exact) mass is 235 g/mol. The average molecular weight is 235 g/mol. The second-order valence-corrected chi connectivity index (χ2v) is 4.20. The number of fused-ring (bicyclic) bond motifs is 1. The summed E-state index contributed by atoms with van der Waals surface area (Å²) in [5.41, 5.74) is 0.479. The van der Waals surface area contributed by atoms with Crippen LogP contribution in [0.15, 0.2) is 29.6 Å². The molecule has 0 spiro atoms. The summed E-state index contributed by atoms with van der Waals surface area (Å²) in [6, 6.07) is 7.22. The standard InChI is InChI=1S/C11H9NO3S/c13-10(14)6-12-11(15)8-1-2-9-7(5-8)3-4-16-9/h1-5H,6H2,(H,12,15)(H,13,14). The van der Waals surface area contributed by atoms with Gasteiger partial charge < -0.3 is 10.4 Å². The lowest BCUT2D eigenvalue weighted by atomic mass is 10.1. The molecule has 1 amide bonds. The highest BCUT2D eigenvalue weighted by Crippen LogP contribution is 2.21. The van der Waals surface area contributed by atoms with Gasteiger partial charge in [0.05, 0.1) is 0 Å². The minimum atomic E-state index is -1.05. The van der Waals surface area contributed by atoms with Crippen molar-refractivity contribution in [2.75, 3.05) is 6.54 Å². The minimum Gasteiger partial charge on any atom is -0.480 e. The van der Waals surface area contributed by atoms with Crippen molar-refractivity contribution in [3.8, 4) is 0 Å². The van der Waals surface area contributed by atoms with Crippen molar-refractivity contribution in [3.05, 3.63) is 35.2 Å². The molecule has 1 heterocycles. The number of carboxylic acids is 1. The molecule has 0 bridgehead atoms. The summed E-state index contributed by atoms with van der Waals surface area (Å²) in [6.07, 6.45) is 0. The number of carbonyl (C=O) groups excluding carboxylic acids is 1. The highest BCUT2D eigenvalue weighted by Gasteiger charge is 2.07. The molecule has 0 aliphatic heterocycles. The number of carboxylic acid groups (broad SMARTS) is 1. The van der Waals surface area contributed by atoms with Crippen LogP contribution in [0.1, 0.15) is 10.4 Å². The molecule has 1 aromatic heterocycles. The topological polar surface area (TPSA) is 66.4 Å². The average Bonchev–Trinajstić information content (AvgIpc) is 2.72. The van der Waals surface area contributed by atoms with Crippen LogP contribution in [0, 0.1) is 0 Å². The highest BCUT2D eigenvalue weighted by atomic mass is 32.1. The molecule has 2 aromatic rings. The summed E-state index contributed by atoms with van der Waals surface area (Å²) in [5.74, 6) is -1.42. The quantitative estimate of drug-likeness (QED) is 0.851. The van der Waals surface area contributed by atoms with Gasteiger partial charge in [0.15, 0.2) is 0 Å². The SMILES string of the molecule is O=C(O)CNC(=O)c1ccc2sccc2c1. The number of hydrogen-bond donors (Lipinski definition) is 2. The van der Waals surface area contributed by atoms with Crippen LogP contribution in [0.5, 0.6) is 0 Å². The van der Waals surface area contributed by atoms with E-state index in [9.17, 15) is 9.59 Å². The van der Waals surface area contributed by atoms with E-state index in [2.05, 4.69) is 5.32 Å². The van der Waals surface area contributed by atoms with E-state index in [-0.39, 0.29) is 12.5 Å². The van der Waals surface area contributed by atoms with Crippen LogP contribution >= 0.6 is 11.3 Å². The maximum Gasteiger partial charge on any atom is 0.322 e. The number of thiophene rings is 1.